The van der Waals surface area contributed by atoms with Gasteiger partial charge in [-0.3, -0.25) is 9.88 Å². The van der Waals surface area contributed by atoms with Crippen LogP contribution in [0.25, 0.3) is 32.9 Å². The number of nitrogens with zero attached hydrogens (tertiary/aromatic N) is 5. The summed E-state index contributed by atoms with van der Waals surface area (Å²) in [5, 5.41) is 11.5. The number of pyridine rings is 1. The predicted molar refractivity (Wildman–Crippen MR) is 161 cm³/mol. The van der Waals surface area contributed by atoms with E-state index < -0.39 is 23.3 Å². The van der Waals surface area contributed by atoms with Crippen LogP contribution in [0.1, 0.15) is 31.7 Å². The molecule has 0 unspecified atom stereocenters. The first-order valence-electron chi connectivity index (χ1n) is 14.9. The Hall–Kier alpha value is -4.14. The van der Waals surface area contributed by atoms with Gasteiger partial charge >= 0.3 is 6.01 Å². The highest BCUT2D eigenvalue weighted by Gasteiger charge is 2.49. The number of phenols is 1. The lowest BCUT2D eigenvalue weighted by Gasteiger charge is -2.31. The first-order valence-corrected chi connectivity index (χ1v) is 14.9. The fraction of sp³-hybridized carbons (Fsp3) is 0.424. The third-order valence-electron chi connectivity index (χ3n) is 9.07. The molecule has 0 amide bonds. The van der Waals surface area contributed by atoms with Gasteiger partial charge in [0.15, 0.2) is 5.82 Å². The van der Waals surface area contributed by atoms with Crippen LogP contribution in [-0.2, 0) is 4.74 Å². The Morgan fingerprint density at radius 2 is 2.07 bits per heavy atom. The standard InChI is InChI=1S/C33H32F3N5O3/c1-3-23-26(35)6-5-20-11-22(42)12-24(27(20)23)29-28(36)30-25(14-37-29)31(40-9-10-43-17-19(2)15-40)39-32(38-30)44-18-33-7-4-8-41(33)16-21(34)13-33/h1,5-6,11-12,14,19,21,42H,4,7-10,13,15-18H2,2H3/t19-,21+,33-/m0/s1. The number of fused-ring (bicyclic) bond motifs is 3. The maximum atomic E-state index is 16.7. The fourth-order valence-electron chi connectivity index (χ4n) is 7.09. The zero-order valence-electron chi connectivity index (χ0n) is 24.3. The van der Waals surface area contributed by atoms with Gasteiger partial charge in [-0.25, -0.2) is 13.2 Å². The largest absolute Gasteiger partial charge is 0.508 e. The van der Waals surface area contributed by atoms with Gasteiger partial charge in [-0.2, -0.15) is 9.97 Å². The second-order valence-corrected chi connectivity index (χ2v) is 12.2. The number of aromatic hydroxyl groups is 1. The molecule has 44 heavy (non-hydrogen) atoms. The molecule has 0 spiro atoms. The molecule has 5 heterocycles. The molecular weight excluding hydrogens is 571 g/mol. The van der Waals surface area contributed by atoms with Gasteiger partial charge < -0.3 is 19.5 Å². The molecule has 8 nitrogen and oxygen atoms in total. The van der Waals surface area contributed by atoms with Crippen molar-refractivity contribution in [3.63, 3.8) is 0 Å². The van der Waals surface area contributed by atoms with E-state index in [0.717, 1.165) is 19.4 Å². The first kappa shape index (κ1) is 28.6. The second kappa shape index (κ2) is 11.1. The van der Waals surface area contributed by atoms with Crippen LogP contribution >= 0.6 is 0 Å². The van der Waals surface area contributed by atoms with Crippen molar-refractivity contribution in [1.82, 2.24) is 19.9 Å². The number of terminal acetylenes is 1. The number of anilines is 1. The lowest BCUT2D eigenvalue weighted by atomic mass is 9.95. The minimum atomic E-state index is -0.925. The van der Waals surface area contributed by atoms with Gasteiger partial charge in [-0.05, 0) is 48.9 Å². The maximum Gasteiger partial charge on any atom is 0.319 e. The van der Waals surface area contributed by atoms with E-state index in [0.29, 0.717) is 55.9 Å². The number of alkyl halides is 1. The molecule has 0 aliphatic carbocycles. The Morgan fingerprint density at radius 1 is 1.20 bits per heavy atom. The number of hydrogen-bond acceptors (Lipinski definition) is 8. The molecule has 11 heteroatoms. The van der Waals surface area contributed by atoms with Crippen molar-refractivity contribution in [3.8, 4) is 35.4 Å². The number of hydrogen-bond donors (Lipinski definition) is 1. The van der Waals surface area contributed by atoms with Gasteiger partial charge in [-0.15, -0.1) is 6.42 Å². The lowest BCUT2D eigenvalue weighted by molar-refractivity contribution is 0.107. The van der Waals surface area contributed by atoms with E-state index >= 15 is 4.39 Å². The monoisotopic (exact) mass is 603 g/mol. The highest BCUT2D eigenvalue weighted by Crippen LogP contribution is 2.41. The minimum absolute atomic E-state index is 0.0268. The summed E-state index contributed by atoms with van der Waals surface area (Å²) < 4.78 is 57.8. The van der Waals surface area contributed by atoms with Crippen molar-refractivity contribution in [2.75, 3.05) is 50.9 Å². The topological polar surface area (TPSA) is 83.8 Å². The van der Waals surface area contributed by atoms with Crippen molar-refractivity contribution < 1.29 is 27.8 Å². The van der Waals surface area contributed by atoms with Crippen LogP contribution in [-0.4, -0.2) is 82.7 Å². The predicted octanol–water partition coefficient (Wildman–Crippen LogP) is 5.24. The third kappa shape index (κ3) is 4.86. The molecule has 3 fully saturated rings. The molecule has 2 aromatic carbocycles. The van der Waals surface area contributed by atoms with E-state index in [1.165, 1.54) is 30.5 Å². The molecule has 3 atom stereocenters. The highest BCUT2D eigenvalue weighted by atomic mass is 19.1. The van der Waals surface area contributed by atoms with Crippen LogP contribution in [0.2, 0.25) is 0 Å². The van der Waals surface area contributed by atoms with Crippen molar-refractivity contribution in [2.45, 2.75) is 37.9 Å². The van der Waals surface area contributed by atoms with Crippen molar-refractivity contribution in [3.05, 3.63) is 47.7 Å². The SMILES string of the molecule is C#Cc1c(F)ccc2cc(O)cc(-c3ncc4c(N5CCOC[C@@H](C)C5)nc(OC[C@@]56CCCN5C[C@H](F)C6)nc4c3F)c12. The van der Waals surface area contributed by atoms with Gasteiger partial charge in [-0.1, -0.05) is 18.9 Å². The second-order valence-electron chi connectivity index (χ2n) is 12.2. The van der Waals surface area contributed by atoms with E-state index in [1.54, 1.807) is 0 Å². The molecule has 0 bridgehead atoms. The van der Waals surface area contributed by atoms with E-state index in [2.05, 4.69) is 27.7 Å². The average molecular weight is 604 g/mol. The number of phenolic OH excluding ortho intramolecular Hbond substituents is 1. The Morgan fingerprint density at radius 3 is 2.91 bits per heavy atom. The van der Waals surface area contributed by atoms with Crippen molar-refractivity contribution >= 4 is 27.5 Å². The molecule has 3 saturated heterocycles. The maximum absolute atomic E-state index is 16.7. The first-order chi connectivity index (χ1) is 21.3. The summed E-state index contributed by atoms with van der Waals surface area (Å²) in [6.07, 6.45) is 8.34. The molecule has 228 valence electrons. The summed E-state index contributed by atoms with van der Waals surface area (Å²) in [4.78, 5) is 17.9. The Bertz CT molecular complexity index is 1810. The Kier molecular flexibility index (Phi) is 7.22. The lowest BCUT2D eigenvalue weighted by Crippen LogP contribution is -2.43. The molecular formula is C33H32F3N5O3. The zero-order chi connectivity index (χ0) is 30.6. The molecule has 0 radical (unpaired) electrons. The van der Waals surface area contributed by atoms with Gasteiger partial charge in [0, 0.05) is 43.2 Å². The Balaban J connectivity index is 1.38. The van der Waals surface area contributed by atoms with Gasteiger partial charge in [0.1, 0.15) is 41.4 Å². The van der Waals surface area contributed by atoms with E-state index in [9.17, 15) is 13.9 Å². The summed E-state index contributed by atoms with van der Waals surface area (Å²) in [6, 6.07) is 5.40. The molecule has 0 saturated carbocycles. The van der Waals surface area contributed by atoms with E-state index in [4.69, 9.17) is 20.9 Å². The van der Waals surface area contributed by atoms with Crippen LogP contribution < -0.4 is 9.64 Å². The minimum Gasteiger partial charge on any atom is -0.508 e. The van der Waals surface area contributed by atoms with Crippen LogP contribution in [0.4, 0.5) is 19.0 Å². The Labute approximate surface area is 252 Å². The third-order valence-corrected chi connectivity index (χ3v) is 9.07. The molecule has 3 aliphatic rings. The zero-order valence-corrected chi connectivity index (χ0v) is 24.3. The van der Waals surface area contributed by atoms with Crippen molar-refractivity contribution in [1.29, 1.82) is 0 Å². The fourth-order valence-corrected chi connectivity index (χ4v) is 7.09. The number of benzene rings is 2. The number of ether oxygens (including phenoxy) is 2. The molecule has 1 N–H and O–H groups in total. The highest BCUT2D eigenvalue weighted by molar-refractivity contribution is 6.03. The number of halogens is 3. The molecule has 3 aliphatic heterocycles. The number of rotatable bonds is 5. The smallest absolute Gasteiger partial charge is 0.319 e. The summed E-state index contributed by atoms with van der Waals surface area (Å²) >= 11 is 0. The average Bonchev–Trinajstić information content (AvgIpc) is 3.43. The van der Waals surface area contributed by atoms with Crippen LogP contribution in [0.5, 0.6) is 11.8 Å². The summed E-state index contributed by atoms with van der Waals surface area (Å²) in [7, 11) is 0. The normalized spacial score (nSPS) is 24.0. The van der Waals surface area contributed by atoms with Crippen molar-refractivity contribution in [2.24, 2.45) is 5.92 Å². The van der Waals surface area contributed by atoms with Crippen LogP contribution in [0, 0.1) is 29.9 Å². The van der Waals surface area contributed by atoms with Gasteiger partial charge in [0.25, 0.3) is 0 Å². The number of aromatic nitrogens is 3. The summed E-state index contributed by atoms with van der Waals surface area (Å²) in [5.74, 6) is 1.40. The van der Waals surface area contributed by atoms with Gasteiger partial charge in [0.2, 0.25) is 0 Å². The molecule has 7 rings (SSSR count). The quantitative estimate of drug-likeness (QED) is 0.311. The molecule has 2 aromatic heterocycles. The van der Waals surface area contributed by atoms with Gasteiger partial charge in [0.05, 0.1) is 29.7 Å². The molecule has 4 aromatic rings. The van der Waals surface area contributed by atoms with Crippen LogP contribution in [0.15, 0.2) is 30.5 Å². The summed E-state index contributed by atoms with van der Waals surface area (Å²) in [5.41, 5.74) is -0.570. The van der Waals surface area contributed by atoms with E-state index in [-0.39, 0.29) is 52.0 Å². The summed E-state index contributed by atoms with van der Waals surface area (Å²) in [6.45, 7) is 5.60. The van der Waals surface area contributed by atoms with Crippen LogP contribution in [0.3, 0.4) is 0 Å². The van der Waals surface area contributed by atoms with E-state index in [1.807, 2.05) is 4.90 Å².